The van der Waals surface area contributed by atoms with Crippen molar-refractivity contribution in [2.75, 3.05) is 0 Å². The van der Waals surface area contributed by atoms with Gasteiger partial charge in [-0.3, -0.25) is 20.0 Å². The van der Waals surface area contributed by atoms with Crippen molar-refractivity contribution in [3.8, 4) is 5.69 Å². The summed E-state index contributed by atoms with van der Waals surface area (Å²) in [6.45, 7) is 1.72. The van der Waals surface area contributed by atoms with Gasteiger partial charge in [-0.15, -0.1) is 10.2 Å². The molecule has 1 aromatic heterocycles. The van der Waals surface area contributed by atoms with Gasteiger partial charge in [0.2, 0.25) is 0 Å². The van der Waals surface area contributed by atoms with Crippen LogP contribution < -0.4 is 5.56 Å². The third kappa shape index (κ3) is 3.41. The number of nitrogens with one attached hydrogen (secondary N) is 1. The summed E-state index contributed by atoms with van der Waals surface area (Å²) in [6.07, 6.45) is 0. The second-order valence-electron chi connectivity index (χ2n) is 5.15. The minimum Gasteiger partial charge on any atom is -0.293 e. The van der Waals surface area contributed by atoms with E-state index in [0.717, 1.165) is 0 Å². The van der Waals surface area contributed by atoms with Gasteiger partial charge in [0.1, 0.15) is 5.69 Å². The number of hydrogen-bond donors (Lipinski definition) is 1. The lowest BCUT2D eigenvalue weighted by atomic mass is 10.3. The van der Waals surface area contributed by atoms with Crippen LogP contribution >= 0.6 is 15.9 Å². The zero-order chi connectivity index (χ0) is 18.0. The summed E-state index contributed by atoms with van der Waals surface area (Å²) in [5.41, 5.74) is 1.43. The smallest absolute Gasteiger partial charge is 0.293 e. The van der Waals surface area contributed by atoms with Crippen molar-refractivity contribution in [2.24, 2.45) is 10.2 Å². The summed E-state index contributed by atoms with van der Waals surface area (Å²) in [5, 5.41) is 21.8. The first kappa shape index (κ1) is 16.8. The zero-order valence-corrected chi connectivity index (χ0v) is 14.6. The first-order chi connectivity index (χ1) is 12.0. The number of rotatable bonds is 4. The quantitative estimate of drug-likeness (QED) is 0.393. The molecule has 0 aliphatic heterocycles. The van der Waals surface area contributed by atoms with E-state index in [2.05, 4.69) is 31.3 Å². The lowest BCUT2D eigenvalue weighted by Gasteiger charge is -1.99. The molecule has 3 rings (SSSR count). The second-order valence-corrected chi connectivity index (χ2v) is 6.01. The highest BCUT2D eigenvalue weighted by Gasteiger charge is 2.13. The van der Waals surface area contributed by atoms with E-state index in [0.29, 0.717) is 21.5 Å². The molecule has 0 amide bonds. The Morgan fingerprint density at radius 1 is 1.16 bits per heavy atom. The number of halogens is 1. The fraction of sp³-hybridized carbons (Fsp3) is 0.0625. The first-order valence-electron chi connectivity index (χ1n) is 7.20. The monoisotopic (exact) mass is 401 g/mol. The maximum atomic E-state index is 12.5. The molecule has 0 saturated carbocycles. The molecule has 1 heterocycles. The standard InChI is InChI=1S/C16H12BrN5O3/c1-10-15(16(23)21(20-10)11-5-3-2-4-6-11)19-18-14-8-7-12(22(24)25)9-13(14)17/h2-9,20H,1H3. The van der Waals surface area contributed by atoms with Crippen molar-refractivity contribution < 1.29 is 4.92 Å². The largest absolute Gasteiger partial charge is 0.299 e. The summed E-state index contributed by atoms with van der Waals surface area (Å²) >= 11 is 3.22. The minimum atomic E-state index is -0.499. The van der Waals surface area contributed by atoms with Crippen molar-refractivity contribution in [3.63, 3.8) is 0 Å². The van der Waals surface area contributed by atoms with Crippen LogP contribution in [0.15, 0.2) is 68.0 Å². The van der Waals surface area contributed by atoms with E-state index in [4.69, 9.17) is 0 Å². The molecular formula is C16H12BrN5O3. The van der Waals surface area contributed by atoms with E-state index < -0.39 is 4.92 Å². The normalized spacial score (nSPS) is 11.1. The molecule has 25 heavy (non-hydrogen) atoms. The predicted octanol–water partition coefficient (Wildman–Crippen LogP) is 4.56. The number of nitro benzene ring substituents is 1. The fourth-order valence-electron chi connectivity index (χ4n) is 2.21. The van der Waals surface area contributed by atoms with Gasteiger partial charge in [0, 0.05) is 12.1 Å². The summed E-state index contributed by atoms with van der Waals surface area (Å²) in [7, 11) is 0. The molecule has 2 aromatic carbocycles. The van der Waals surface area contributed by atoms with Gasteiger partial charge in [-0.25, -0.2) is 4.68 Å². The predicted molar refractivity (Wildman–Crippen MR) is 96.1 cm³/mol. The number of nitro groups is 1. The van der Waals surface area contributed by atoms with Gasteiger partial charge >= 0.3 is 0 Å². The van der Waals surface area contributed by atoms with Gasteiger partial charge in [-0.05, 0) is 41.1 Å². The van der Waals surface area contributed by atoms with E-state index in [9.17, 15) is 14.9 Å². The molecule has 0 bridgehead atoms. The van der Waals surface area contributed by atoms with Crippen molar-refractivity contribution >= 4 is 33.0 Å². The average Bonchev–Trinajstić information content (AvgIpc) is 2.89. The van der Waals surface area contributed by atoms with E-state index in [1.807, 2.05) is 18.2 Å². The zero-order valence-electron chi connectivity index (χ0n) is 13.0. The van der Waals surface area contributed by atoms with Gasteiger partial charge in [-0.1, -0.05) is 18.2 Å². The molecule has 0 atom stereocenters. The Kier molecular flexibility index (Phi) is 4.57. The molecule has 0 spiro atoms. The summed E-state index contributed by atoms with van der Waals surface area (Å²) in [6, 6.07) is 13.2. The molecular weight excluding hydrogens is 390 g/mol. The lowest BCUT2D eigenvalue weighted by molar-refractivity contribution is -0.384. The third-order valence-electron chi connectivity index (χ3n) is 3.45. The van der Waals surface area contributed by atoms with Crippen molar-refractivity contribution in [3.05, 3.63) is 79.2 Å². The number of non-ortho nitro benzene ring substituents is 1. The van der Waals surface area contributed by atoms with Gasteiger partial charge in [0.25, 0.3) is 11.2 Å². The van der Waals surface area contributed by atoms with Crippen LogP contribution in [0.1, 0.15) is 5.69 Å². The minimum absolute atomic E-state index is 0.0601. The number of H-pyrrole nitrogens is 1. The Hall–Kier alpha value is -3.07. The van der Waals surface area contributed by atoms with Crippen LogP contribution in [0.25, 0.3) is 5.69 Å². The van der Waals surface area contributed by atoms with Gasteiger partial charge in [0.05, 0.1) is 20.8 Å². The van der Waals surface area contributed by atoms with Gasteiger partial charge in [0.15, 0.2) is 5.69 Å². The lowest BCUT2D eigenvalue weighted by Crippen LogP contribution is -2.13. The molecule has 3 aromatic rings. The summed E-state index contributed by atoms with van der Waals surface area (Å²) in [4.78, 5) is 22.8. The van der Waals surface area contributed by atoms with Crippen LogP contribution in [0.2, 0.25) is 0 Å². The van der Waals surface area contributed by atoms with Gasteiger partial charge < -0.3 is 0 Å². The third-order valence-corrected chi connectivity index (χ3v) is 4.09. The molecule has 0 aliphatic rings. The van der Waals surface area contributed by atoms with Crippen LogP contribution in [0, 0.1) is 17.0 Å². The van der Waals surface area contributed by atoms with Crippen LogP contribution in [-0.4, -0.2) is 14.7 Å². The van der Waals surface area contributed by atoms with Crippen molar-refractivity contribution in [1.82, 2.24) is 9.78 Å². The molecule has 0 fully saturated rings. The fourth-order valence-corrected chi connectivity index (χ4v) is 2.65. The number of aryl methyl sites for hydroxylation is 1. The highest BCUT2D eigenvalue weighted by Crippen LogP contribution is 2.30. The summed E-state index contributed by atoms with van der Waals surface area (Å²) in [5.74, 6) is 0. The molecule has 0 aliphatic carbocycles. The Morgan fingerprint density at radius 3 is 2.52 bits per heavy atom. The number of nitrogens with zero attached hydrogens (tertiary/aromatic N) is 4. The SMILES string of the molecule is Cc1[nH]n(-c2ccccc2)c(=O)c1N=Nc1ccc([N+](=O)[O-])cc1Br. The number of para-hydroxylation sites is 1. The maximum Gasteiger partial charge on any atom is 0.299 e. The number of aromatic nitrogens is 2. The molecule has 1 N–H and O–H groups in total. The van der Waals surface area contributed by atoms with Crippen LogP contribution in [0.4, 0.5) is 17.1 Å². The Bertz CT molecular complexity index is 1020. The molecule has 0 unspecified atom stereocenters. The van der Waals surface area contributed by atoms with E-state index in [1.54, 1.807) is 19.1 Å². The number of aromatic amines is 1. The van der Waals surface area contributed by atoms with Crippen LogP contribution in [0.5, 0.6) is 0 Å². The Labute approximate surface area is 150 Å². The number of benzene rings is 2. The molecule has 0 saturated heterocycles. The highest BCUT2D eigenvalue weighted by molar-refractivity contribution is 9.10. The average molecular weight is 402 g/mol. The number of azo groups is 1. The van der Waals surface area contributed by atoms with Crippen LogP contribution in [-0.2, 0) is 0 Å². The van der Waals surface area contributed by atoms with Crippen molar-refractivity contribution in [2.45, 2.75) is 6.92 Å². The van der Waals surface area contributed by atoms with E-state index >= 15 is 0 Å². The molecule has 8 nitrogen and oxygen atoms in total. The maximum absolute atomic E-state index is 12.5. The Morgan fingerprint density at radius 2 is 1.88 bits per heavy atom. The highest BCUT2D eigenvalue weighted by atomic mass is 79.9. The molecule has 0 radical (unpaired) electrons. The molecule has 126 valence electrons. The van der Waals surface area contributed by atoms with E-state index in [1.165, 1.54) is 22.9 Å². The molecule has 9 heteroatoms. The van der Waals surface area contributed by atoms with Gasteiger partial charge in [-0.2, -0.15) is 0 Å². The first-order valence-corrected chi connectivity index (χ1v) is 7.99. The topological polar surface area (TPSA) is 106 Å². The van der Waals surface area contributed by atoms with E-state index in [-0.39, 0.29) is 16.9 Å². The summed E-state index contributed by atoms with van der Waals surface area (Å²) < 4.78 is 1.80. The second kappa shape index (κ2) is 6.81. The number of hydrogen-bond acceptors (Lipinski definition) is 5. The van der Waals surface area contributed by atoms with Crippen LogP contribution in [0.3, 0.4) is 0 Å². The van der Waals surface area contributed by atoms with Crippen molar-refractivity contribution in [1.29, 1.82) is 0 Å². The Balaban J connectivity index is 1.96.